The normalized spacial score (nSPS) is 10.6. The van der Waals surface area contributed by atoms with E-state index in [9.17, 15) is 0 Å². The van der Waals surface area contributed by atoms with Crippen LogP contribution in [0.1, 0.15) is 11.4 Å². The van der Waals surface area contributed by atoms with E-state index >= 15 is 0 Å². The molecule has 0 aliphatic carbocycles. The van der Waals surface area contributed by atoms with Crippen LogP contribution < -0.4 is 5.32 Å². The summed E-state index contributed by atoms with van der Waals surface area (Å²) in [4.78, 5) is 7.24. The number of hydrogen-bond acceptors (Lipinski definition) is 3. The zero-order valence-electron chi connectivity index (χ0n) is 7.86. The van der Waals surface area contributed by atoms with Gasteiger partial charge in [0, 0.05) is 31.9 Å². The summed E-state index contributed by atoms with van der Waals surface area (Å²) in [6.45, 7) is 1.91. The molecule has 2 aromatic heterocycles. The van der Waals surface area contributed by atoms with Gasteiger partial charge in [0.1, 0.15) is 5.82 Å². The standard InChI is InChI=1S/C10H13N3S/c1(10-12-4-5-13-10)3-11-7-9-2-6-14-8-9/h2,4-6,8,11H,1,3,7H2,(H,12,13). The fourth-order valence-electron chi connectivity index (χ4n) is 1.27. The molecule has 3 nitrogen and oxygen atoms in total. The van der Waals surface area contributed by atoms with Crippen molar-refractivity contribution in [1.82, 2.24) is 15.3 Å². The first kappa shape index (κ1) is 9.43. The van der Waals surface area contributed by atoms with E-state index in [1.807, 2.05) is 6.20 Å². The second kappa shape index (κ2) is 4.93. The van der Waals surface area contributed by atoms with Crippen LogP contribution in [-0.2, 0) is 13.0 Å². The van der Waals surface area contributed by atoms with E-state index in [2.05, 4.69) is 32.1 Å². The average molecular weight is 207 g/mol. The summed E-state index contributed by atoms with van der Waals surface area (Å²) in [6.07, 6.45) is 4.60. The number of aromatic amines is 1. The van der Waals surface area contributed by atoms with E-state index in [0.717, 1.165) is 25.3 Å². The van der Waals surface area contributed by atoms with Gasteiger partial charge in [-0.05, 0) is 22.4 Å². The molecule has 0 unspecified atom stereocenters. The zero-order chi connectivity index (χ0) is 9.64. The van der Waals surface area contributed by atoms with E-state index in [1.165, 1.54) is 5.56 Å². The Morgan fingerprint density at radius 3 is 3.21 bits per heavy atom. The minimum absolute atomic E-state index is 0.949. The molecule has 0 aliphatic rings. The molecule has 0 saturated heterocycles. The summed E-state index contributed by atoms with van der Waals surface area (Å²) >= 11 is 1.74. The maximum absolute atomic E-state index is 4.16. The highest BCUT2D eigenvalue weighted by molar-refractivity contribution is 7.07. The molecule has 0 fully saturated rings. The molecular formula is C10H13N3S. The van der Waals surface area contributed by atoms with Crippen LogP contribution in [0.15, 0.2) is 29.2 Å². The van der Waals surface area contributed by atoms with Crippen LogP contribution >= 0.6 is 11.3 Å². The van der Waals surface area contributed by atoms with Crippen molar-refractivity contribution in [3.05, 3.63) is 40.6 Å². The number of aromatic nitrogens is 2. The van der Waals surface area contributed by atoms with Crippen LogP contribution in [0.3, 0.4) is 0 Å². The first-order valence-corrected chi connectivity index (χ1v) is 5.59. The second-order valence-electron chi connectivity index (χ2n) is 3.09. The molecule has 2 N–H and O–H groups in total. The third-order valence-corrected chi connectivity index (χ3v) is 2.73. The van der Waals surface area contributed by atoms with Crippen LogP contribution in [0, 0.1) is 0 Å². The molecule has 2 heterocycles. The van der Waals surface area contributed by atoms with Gasteiger partial charge in [-0.2, -0.15) is 11.3 Å². The number of nitrogens with zero attached hydrogens (tertiary/aromatic N) is 1. The van der Waals surface area contributed by atoms with E-state index in [1.54, 1.807) is 17.5 Å². The SMILES string of the molecule is c1c[nH]c(CCNCc2ccsc2)n1. The van der Waals surface area contributed by atoms with Crippen molar-refractivity contribution in [1.29, 1.82) is 0 Å². The Bertz CT molecular complexity index is 303. The molecule has 74 valence electrons. The first-order chi connectivity index (χ1) is 6.95. The average Bonchev–Trinajstić information content (AvgIpc) is 2.86. The lowest BCUT2D eigenvalue weighted by Crippen LogP contribution is -2.16. The Morgan fingerprint density at radius 1 is 1.50 bits per heavy atom. The highest BCUT2D eigenvalue weighted by Gasteiger charge is 1.95. The zero-order valence-corrected chi connectivity index (χ0v) is 8.68. The maximum Gasteiger partial charge on any atom is 0.107 e. The highest BCUT2D eigenvalue weighted by Crippen LogP contribution is 2.04. The monoisotopic (exact) mass is 207 g/mol. The molecule has 2 aromatic rings. The second-order valence-corrected chi connectivity index (χ2v) is 3.87. The summed E-state index contributed by atoms with van der Waals surface area (Å²) in [5, 5.41) is 7.64. The minimum Gasteiger partial charge on any atom is -0.349 e. The van der Waals surface area contributed by atoms with Crippen molar-refractivity contribution in [2.45, 2.75) is 13.0 Å². The molecule has 0 bridgehead atoms. The highest BCUT2D eigenvalue weighted by atomic mass is 32.1. The van der Waals surface area contributed by atoms with Crippen LogP contribution in [0.2, 0.25) is 0 Å². The molecule has 0 aromatic carbocycles. The fraction of sp³-hybridized carbons (Fsp3) is 0.300. The van der Waals surface area contributed by atoms with Crippen LogP contribution in [0.25, 0.3) is 0 Å². The Labute approximate surface area is 87.2 Å². The molecule has 0 aliphatic heterocycles. The van der Waals surface area contributed by atoms with E-state index in [4.69, 9.17) is 0 Å². The molecule has 0 saturated carbocycles. The molecular weight excluding hydrogens is 194 g/mol. The number of imidazole rings is 1. The number of hydrogen-bond donors (Lipinski definition) is 2. The van der Waals surface area contributed by atoms with Crippen LogP contribution in [0.4, 0.5) is 0 Å². The van der Waals surface area contributed by atoms with Crippen molar-refractivity contribution in [2.75, 3.05) is 6.54 Å². The van der Waals surface area contributed by atoms with Gasteiger partial charge in [-0.3, -0.25) is 0 Å². The van der Waals surface area contributed by atoms with Gasteiger partial charge in [0.2, 0.25) is 0 Å². The lowest BCUT2D eigenvalue weighted by molar-refractivity contribution is 0.675. The van der Waals surface area contributed by atoms with E-state index in [0.29, 0.717) is 0 Å². The summed E-state index contributed by atoms with van der Waals surface area (Å²) in [5.41, 5.74) is 1.36. The van der Waals surface area contributed by atoms with Gasteiger partial charge in [-0.15, -0.1) is 0 Å². The van der Waals surface area contributed by atoms with E-state index < -0.39 is 0 Å². The van der Waals surface area contributed by atoms with Gasteiger partial charge < -0.3 is 10.3 Å². The molecule has 14 heavy (non-hydrogen) atoms. The third kappa shape index (κ3) is 2.68. The molecule has 2 rings (SSSR count). The summed E-state index contributed by atoms with van der Waals surface area (Å²) < 4.78 is 0. The van der Waals surface area contributed by atoms with Gasteiger partial charge in [-0.25, -0.2) is 4.98 Å². The van der Waals surface area contributed by atoms with Crippen LogP contribution in [-0.4, -0.2) is 16.5 Å². The van der Waals surface area contributed by atoms with Crippen molar-refractivity contribution >= 4 is 11.3 Å². The predicted octanol–water partition coefficient (Wildman–Crippen LogP) is 1.80. The van der Waals surface area contributed by atoms with Gasteiger partial charge >= 0.3 is 0 Å². The smallest absolute Gasteiger partial charge is 0.107 e. The fourth-order valence-corrected chi connectivity index (χ4v) is 1.94. The van der Waals surface area contributed by atoms with E-state index in [-0.39, 0.29) is 0 Å². The topological polar surface area (TPSA) is 40.7 Å². The Balaban J connectivity index is 1.65. The Morgan fingerprint density at radius 2 is 2.50 bits per heavy atom. The quantitative estimate of drug-likeness (QED) is 0.734. The van der Waals surface area contributed by atoms with Gasteiger partial charge in [-0.1, -0.05) is 0 Å². The minimum atomic E-state index is 0.949. The number of rotatable bonds is 5. The van der Waals surface area contributed by atoms with Gasteiger partial charge in [0.05, 0.1) is 0 Å². The van der Waals surface area contributed by atoms with Gasteiger partial charge in [0.25, 0.3) is 0 Å². The number of thiophene rings is 1. The third-order valence-electron chi connectivity index (χ3n) is 2.00. The largest absolute Gasteiger partial charge is 0.349 e. The summed E-state index contributed by atoms with van der Waals surface area (Å²) in [7, 11) is 0. The number of H-pyrrole nitrogens is 1. The number of nitrogens with one attached hydrogen (secondary N) is 2. The van der Waals surface area contributed by atoms with Crippen molar-refractivity contribution in [3.8, 4) is 0 Å². The molecule has 0 radical (unpaired) electrons. The van der Waals surface area contributed by atoms with Crippen molar-refractivity contribution in [2.24, 2.45) is 0 Å². The molecule has 0 spiro atoms. The molecule has 4 heteroatoms. The Hall–Kier alpha value is -1.13. The van der Waals surface area contributed by atoms with Crippen LogP contribution in [0.5, 0.6) is 0 Å². The Kier molecular flexibility index (Phi) is 3.32. The van der Waals surface area contributed by atoms with Crippen molar-refractivity contribution < 1.29 is 0 Å². The predicted molar refractivity (Wildman–Crippen MR) is 58.3 cm³/mol. The molecule has 0 amide bonds. The summed E-state index contributed by atoms with van der Waals surface area (Å²) in [5.74, 6) is 1.04. The van der Waals surface area contributed by atoms with Crippen molar-refractivity contribution in [3.63, 3.8) is 0 Å². The maximum atomic E-state index is 4.16. The molecule has 0 atom stereocenters. The lowest BCUT2D eigenvalue weighted by atomic mass is 10.3. The summed E-state index contributed by atoms with van der Waals surface area (Å²) in [6, 6.07) is 2.14. The lowest BCUT2D eigenvalue weighted by Gasteiger charge is -2.00. The first-order valence-electron chi connectivity index (χ1n) is 4.65. The van der Waals surface area contributed by atoms with Gasteiger partial charge in [0.15, 0.2) is 0 Å².